The van der Waals surface area contributed by atoms with Gasteiger partial charge in [0.1, 0.15) is 11.6 Å². The summed E-state index contributed by atoms with van der Waals surface area (Å²) in [7, 11) is 0. The van der Waals surface area contributed by atoms with Gasteiger partial charge in [-0.25, -0.2) is 9.18 Å². The van der Waals surface area contributed by atoms with Crippen LogP contribution in [0.4, 0.5) is 4.39 Å². The largest absolute Gasteiger partial charge is 0.423 e. The van der Waals surface area contributed by atoms with E-state index in [4.69, 9.17) is 4.74 Å². The highest BCUT2D eigenvalue weighted by atomic mass is 19.1. The standard InChI is InChI=1S/C17H13FO3/c1-12(19)14-7-3-5-9-16(14)21-17(20)11-10-13-6-2-4-8-15(13)18/h2-11H,1H3/b11-10+. The molecule has 0 saturated heterocycles. The number of carbonyl (C=O) groups is 2. The van der Waals surface area contributed by atoms with Gasteiger partial charge in [0.2, 0.25) is 0 Å². The summed E-state index contributed by atoms with van der Waals surface area (Å²) in [6.45, 7) is 1.39. The summed E-state index contributed by atoms with van der Waals surface area (Å²) in [5, 5.41) is 0. The van der Waals surface area contributed by atoms with Gasteiger partial charge in [-0.1, -0.05) is 30.3 Å². The third-order valence-corrected chi connectivity index (χ3v) is 2.78. The molecule has 4 heteroatoms. The van der Waals surface area contributed by atoms with Crippen LogP contribution in [0.5, 0.6) is 5.75 Å². The third kappa shape index (κ3) is 3.86. The average molecular weight is 284 g/mol. The second kappa shape index (κ2) is 6.61. The molecule has 0 spiro atoms. The molecule has 0 radical (unpaired) electrons. The summed E-state index contributed by atoms with van der Waals surface area (Å²) in [6.07, 6.45) is 2.45. The topological polar surface area (TPSA) is 43.4 Å². The van der Waals surface area contributed by atoms with Gasteiger partial charge in [-0.15, -0.1) is 0 Å². The van der Waals surface area contributed by atoms with Crippen LogP contribution in [0.15, 0.2) is 54.6 Å². The smallest absolute Gasteiger partial charge is 0.336 e. The molecule has 0 aliphatic carbocycles. The predicted molar refractivity (Wildman–Crippen MR) is 77.5 cm³/mol. The zero-order valence-corrected chi connectivity index (χ0v) is 11.4. The predicted octanol–water partition coefficient (Wildman–Crippen LogP) is 3.65. The van der Waals surface area contributed by atoms with Crippen molar-refractivity contribution in [1.82, 2.24) is 0 Å². The molecule has 0 bridgehead atoms. The third-order valence-electron chi connectivity index (χ3n) is 2.78. The number of ketones is 1. The highest BCUT2D eigenvalue weighted by molar-refractivity contribution is 5.98. The summed E-state index contributed by atoms with van der Waals surface area (Å²) in [5.41, 5.74) is 0.611. The molecule has 0 N–H and O–H groups in total. The summed E-state index contributed by atoms with van der Waals surface area (Å²) in [5.74, 6) is -1.11. The monoisotopic (exact) mass is 284 g/mol. The Morgan fingerprint density at radius 2 is 1.71 bits per heavy atom. The van der Waals surface area contributed by atoms with Gasteiger partial charge in [0.05, 0.1) is 5.56 Å². The summed E-state index contributed by atoms with van der Waals surface area (Å²) in [4.78, 5) is 23.1. The molecule has 3 nitrogen and oxygen atoms in total. The first kappa shape index (κ1) is 14.7. The van der Waals surface area contributed by atoms with Crippen molar-refractivity contribution < 1.29 is 18.7 Å². The van der Waals surface area contributed by atoms with Crippen molar-refractivity contribution in [3.8, 4) is 5.75 Å². The number of rotatable bonds is 4. The maximum Gasteiger partial charge on any atom is 0.336 e. The fraction of sp³-hybridized carbons (Fsp3) is 0.0588. The van der Waals surface area contributed by atoms with Crippen LogP contribution in [0.25, 0.3) is 6.08 Å². The van der Waals surface area contributed by atoms with E-state index in [1.165, 1.54) is 25.1 Å². The first-order valence-corrected chi connectivity index (χ1v) is 6.32. The van der Waals surface area contributed by atoms with Crippen LogP contribution in [0, 0.1) is 5.82 Å². The van der Waals surface area contributed by atoms with Gasteiger partial charge in [-0.05, 0) is 31.2 Å². The summed E-state index contributed by atoms with van der Waals surface area (Å²) >= 11 is 0. The Balaban J connectivity index is 2.13. The van der Waals surface area contributed by atoms with E-state index < -0.39 is 11.8 Å². The Labute approximate surface area is 121 Å². The zero-order valence-electron chi connectivity index (χ0n) is 11.4. The lowest BCUT2D eigenvalue weighted by atomic mass is 10.1. The number of carbonyl (C=O) groups excluding carboxylic acids is 2. The van der Waals surface area contributed by atoms with E-state index in [-0.39, 0.29) is 17.1 Å². The van der Waals surface area contributed by atoms with Gasteiger partial charge < -0.3 is 4.74 Å². The SMILES string of the molecule is CC(=O)c1ccccc1OC(=O)/C=C/c1ccccc1F. The highest BCUT2D eigenvalue weighted by Gasteiger charge is 2.10. The Bertz CT molecular complexity index is 705. The van der Waals surface area contributed by atoms with E-state index in [1.807, 2.05) is 0 Å². The van der Waals surface area contributed by atoms with Gasteiger partial charge in [0, 0.05) is 11.6 Å². The van der Waals surface area contributed by atoms with Crippen LogP contribution >= 0.6 is 0 Å². The minimum atomic E-state index is -0.674. The lowest BCUT2D eigenvalue weighted by Crippen LogP contribution is -2.07. The van der Waals surface area contributed by atoms with Gasteiger partial charge in [-0.2, -0.15) is 0 Å². The van der Waals surface area contributed by atoms with Crippen LogP contribution in [0.1, 0.15) is 22.8 Å². The van der Waals surface area contributed by atoms with E-state index in [2.05, 4.69) is 0 Å². The van der Waals surface area contributed by atoms with Crippen LogP contribution in [0.2, 0.25) is 0 Å². The van der Waals surface area contributed by atoms with E-state index >= 15 is 0 Å². The van der Waals surface area contributed by atoms with Crippen LogP contribution < -0.4 is 4.74 Å². The number of Topliss-reactive ketones (excluding diaryl/α,β-unsaturated/α-hetero) is 1. The van der Waals surface area contributed by atoms with Gasteiger partial charge >= 0.3 is 5.97 Å². The molecule has 0 aromatic heterocycles. The molecule has 0 saturated carbocycles. The van der Waals surface area contributed by atoms with Crippen molar-refractivity contribution in [2.75, 3.05) is 0 Å². The van der Waals surface area contributed by atoms with Gasteiger partial charge in [0.15, 0.2) is 5.78 Å². The minimum Gasteiger partial charge on any atom is -0.423 e. The van der Waals surface area contributed by atoms with Crippen molar-refractivity contribution in [2.45, 2.75) is 6.92 Å². The molecule has 0 heterocycles. The molecular formula is C17H13FO3. The Kier molecular flexibility index (Phi) is 4.61. The van der Waals surface area contributed by atoms with Crippen LogP contribution in [0.3, 0.4) is 0 Å². The summed E-state index contributed by atoms with van der Waals surface area (Å²) in [6, 6.07) is 12.5. The van der Waals surface area contributed by atoms with E-state index in [0.717, 1.165) is 6.08 Å². The quantitative estimate of drug-likeness (QED) is 0.372. The van der Waals surface area contributed by atoms with Crippen LogP contribution in [-0.2, 0) is 4.79 Å². The molecule has 0 fully saturated rings. The van der Waals surface area contributed by atoms with E-state index in [1.54, 1.807) is 36.4 Å². The molecule has 0 aliphatic rings. The zero-order chi connectivity index (χ0) is 15.2. The molecular weight excluding hydrogens is 271 g/mol. The average Bonchev–Trinajstić information content (AvgIpc) is 2.47. The summed E-state index contributed by atoms with van der Waals surface area (Å²) < 4.78 is 18.5. The lowest BCUT2D eigenvalue weighted by molar-refractivity contribution is -0.128. The van der Waals surface area contributed by atoms with Crippen molar-refractivity contribution in [3.05, 3.63) is 71.6 Å². The van der Waals surface area contributed by atoms with Crippen LogP contribution in [-0.4, -0.2) is 11.8 Å². The second-order valence-corrected chi connectivity index (χ2v) is 4.33. The normalized spacial score (nSPS) is 10.6. The molecule has 21 heavy (non-hydrogen) atoms. The molecule has 106 valence electrons. The molecule has 0 atom stereocenters. The van der Waals surface area contributed by atoms with E-state index in [0.29, 0.717) is 5.56 Å². The molecule has 2 rings (SSSR count). The van der Waals surface area contributed by atoms with Gasteiger partial charge in [0.25, 0.3) is 0 Å². The number of benzene rings is 2. The molecule has 2 aromatic carbocycles. The Morgan fingerprint density at radius 1 is 1.05 bits per heavy atom. The van der Waals surface area contributed by atoms with Gasteiger partial charge in [-0.3, -0.25) is 4.79 Å². The Morgan fingerprint density at radius 3 is 2.43 bits per heavy atom. The first-order valence-electron chi connectivity index (χ1n) is 6.32. The fourth-order valence-corrected chi connectivity index (χ4v) is 1.76. The Hall–Kier alpha value is -2.75. The first-order chi connectivity index (χ1) is 10.1. The molecule has 0 aliphatic heterocycles. The number of esters is 1. The molecule has 0 unspecified atom stereocenters. The molecule has 0 amide bonds. The van der Waals surface area contributed by atoms with Crippen molar-refractivity contribution in [2.24, 2.45) is 0 Å². The lowest BCUT2D eigenvalue weighted by Gasteiger charge is -2.05. The molecule has 2 aromatic rings. The highest BCUT2D eigenvalue weighted by Crippen LogP contribution is 2.19. The van der Waals surface area contributed by atoms with Crippen molar-refractivity contribution >= 4 is 17.8 Å². The van der Waals surface area contributed by atoms with Crippen molar-refractivity contribution in [1.29, 1.82) is 0 Å². The number of ether oxygens (including phenoxy) is 1. The second-order valence-electron chi connectivity index (χ2n) is 4.33. The number of para-hydroxylation sites is 1. The number of halogens is 1. The number of hydrogen-bond acceptors (Lipinski definition) is 3. The fourth-order valence-electron chi connectivity index (χ4n) is 1.76. The number of hydrogen-bond donors (Lipinski definition) is 0. The maximum atomic E-state index is 13.4. The van der Waals surface area contributed by atoms with E-state index in [9.17, 15) is 14.0 Å². The van der Waals surface area contributed by atoms with Crippen molar-refractivity contribution in [3.63, 3.8) is 0 Å². The maximum absolute atomic E-state index is 13.4. The minimum absolute atomic E-state index is 0.188.